The molecule has 0 aliphatic heterocycles. The number of amides is 1. The largest absolute Gasteiger partial charge is 0.425 e. The molecule has 2 aromatic carbocycles. The van der Waals surface area contributed by atoms with Gasteiger partial charge in [0, 0.05) is 23.1 Å². The fraction of sp³-hybridized carbons (Fsp3) is 0.222. The SMILES string of the molecule is O=C(CCl)Oc1ccc(Br)cc1CN(Cc1ccccc1)C(=O)CCl. The van der Waals surface area contributed by atoms with Crippen LogP contribution in [0.15, 0.2) is 53.0 Å². The van der Waals surface area contributed by atoms with Crippen molar-refractivity contribution in [2.75, 3.05) is 11.8 Å². The van der Waals surface area contributed by atoms with Crippen LogP contribution in [0, 0.1) is 0 Å². The van der Waals surface area contributed by atoms with Crippen molar-refractivity contribution in [3.05, 3.63) is 64.1 Å². The number of rotatable bonds is 7. The molecule has 0 aromatic heterocycles. The van der Waals surface area contributed by atoms with E-state index in [1.807, 2.05) is 30.3 Å². The van der Waals surface area contributed by atoms with E-state index in [1.165, 1.54) is 0 Å². The highest BCUT2D eigenvalue weighted by molar-refractivity contribution is 9.10. The van der Waals surface area contributed by atoms with Crippen LogP contribution in [0.3, 0.4) is 0 Å². The van der Waals surface area contributed by atoms with Gasteiger partial charge in [0.2, 0.25) is 5.91 Å². The predicted molar refractivity (Wildman–Crippen MR) is 102 cm³/mol. The van der Waals surface area contributed by atoms with E-state index in [1.54, 1.807) is 23.1 Å². The first kappa shape index (κ1) is 19.8. The average molecular weight is 445 g/mol. The van der Waals surface area contributed by atoms with Gasteiger partial charge in [0.05, 0.1) is 0 Å². The van der Waals surface area contributed by atoms with E-state index < -0.39 is 5.97 Å². The molecule has 0 radical (unpaired) electrons. The zero-order chi connectivity index (χ0) is 18.2. The Hall–Kier alpha value is -1.56. The summed E-state index contributed by atoms with van der Waals surface area (Å²) in [4.78, 5) is 25.4. The molecule has 0 saturated carbocycles. The van der Waals surface area contributed by atoms with E-state index >= 15 is 0 Å². The Morgan fingerprint density at radius 1 is 1.00 bits per heavy atom. The minimum atomic E-state index is -0.552. The van der Waals surface area contributed by atoms with Crippen molar-refractivity contribution in [1.82, 2.24) is 4.90 Å². The average Bonchev–Trinajstić information content (AvgIpc) is 2.63. The van der Waals surface area contributed by atoms with E-state index in [-0.39, 0.29) is 24.2 Å². The first-order chi connectivity index (χ1) is 12.0. The number of hydrogen-bond donors (Lipinski definition) is 0. The third-order valence-corrected chi connectivity index (χ3v) is 4.34. The molecule has 0 aliphatic carbocycles. The Kier molecular flexibility index (Phi) is 7.75. The maximum absolute atomic E-state index is 12.2. The molecule has 132 valence electrons. The lowest BCUT2D eigenvalue weighted by Crippen LogP contribution is -2.31. The molecule has 0 heterocycles. The van der Waals surface area contributed by atoms with Crippen molar-refractivity contribution < 1.29 is 14.3 Å². The monoisotopic (exact) mass is 443 g/mol. The van der Waals surface area contributed by atoms with Crippen LogP contribution in [0.1, 0.15) is 11.1 Å². The predicted octanol–water partition coefficient (Wildman–Crippen LogP) is 4.36. The normalized spacial score (nSPS) is 10.4. The number of benzene rings is 2. The van der Waals surface area contributed by atoms with Crippen LogP contribution in [-0.4, -0.2) is 28.5 Å². The molecule has 0 unspecified atom stereocenters. The Morgan fingerprint density at radius 2 is 1.72 bits per heavy atom. The summed E-state index contributed by atoms with van der Waals surface area (Å²) in [5.74, 6) is -0.764. The highest BCUT2D eigenvalue weighted by Crippen LogP contribution is 2.26. The van der Waals surface area contributed by atoms with Gasteiger partial charge < -0.3 is 9.64 Å². The lowest BCUT2D eigenvalue weighted by molar-refractivity contribution is -0.131. The molecule has 2 rings (SSSR count). The van der Waals surface area contributed by atoms with E-state index in [0.717, 1.165) is 10.0 Å². The van der Waals surface area contributed by atoms with Gasteiger partial charge in [-0.15, -0.1) is 23.2 Å². The van der Waals surface area contributed by atoms with Gasteiger partial charge in [0.25, 0.3) is 0 Å². The van der Waals surface area contributed by atoms with Crippen LogP contribution in [0.25, 0.3) is 0 Å². The van der Waals surface area contributed by atoms with Gasteiger partial charge in [-0.2, -0.15) is 0 Å². The molecule has 1 amide bonds. The maximum atomic E-state index is 12.2. The van der Waals surface area contributed by atoms with Gasteiger partial charge in [-0.1, -0.05) is 46.3 Å². The number of carbonyl (C=O) groups excluding carboxylic acids is 2. The fourth-order valence-corrected chi connectivity index (χ4v) is 2.88. The molecule has 2 aromatic rings. The Balaban J connectivity index is 2.26. The number of ether oxygens (including phenoxy) is 1. The zero-order valence-corrected chi connectivity index (χ0v) is 16.4. The van der Waals surface area contributed by atoms with E-state index in [0.29, 0.717) is 17.9 Å². The van der Waals surface area contributed by atoms with Crippen LogP contribution < -0.4 is 4.74 Å². The summed E-state index contributed by atoms with van der Waals surface area (Å²) in [7, 11) is 0. The molecule has 0 spiro atoms. The molecule has 0 bridgehead atoms. The Morgan fingerprint density at radius 3 is 2.36 bits per heavy atom. The molecular weight excluding hydrogens is 429 g/mol. The second-order valence-electron chi connectivity index (χ2n) is 5.23. The molecule has 0 saturated heterocycles. The zero-order valence-electron chi connectivity index (χ0n) is 13.3. The second-order valence-corrected chi connectivity index (χ2v) is 6.68. The van der Waals surface area contributed by atoms with E-state index in [4.69, 9.17) is 27.9 Å². The summed E-state index contributed by atoms with van der Waals surface area (Å²) < 4.78 is 6.06. The number of alkyl halides is 2. The number of esters is 1. The summed E-state index contributed by atoms with van der Waals surface area (Å²) >= 11 is 14.7. The van der Waals surface area contributed by atoms with Gasteiger partial charge in [0.1, 0.15) is 17.5 Å². The summed E-state index contributed by atoms with van der Waals surface area (Å²) in [6.07, 6.45) is 0. The van der Waals surface area contributed by atoms with Gasteiger partial charge in [-0.05, 0) is 23.8 Å². The Bertz CT molecular complexity index is 740. The van der Waals surface area contributed by atoms with E-state index in [2.05, 4.69) is 15.9 Å². The second kappa shape index (κ2) is 9.80. The lowest BCUT2D eigenvalue weighted by atomic mass is 10.1. The third-order valence-electron chi connectivity index (χ3n) is 3.40. The fourth-order valence-electron chi connectivity index (χ4n) is 2.25. The maximum Gasteiger partial charge on any atom is 0.326 e. The first-order valence-electron chi connectivity index (χ1n) is 7.46. The molecule has 0 atom stereocenters. The van der Waals surface area contributed by atoms with Crippen molar-refractivity contribution in [3.63, 3.8) is 0 Å². The van der Waals surface area contributed by atoms with Crippen LogP contribution in [-0.2, 0) is 22.7 Å². The van der Waals surface area contributed by atoms with E-state index in [9.17, 15) is 9.59 Å². The molecule has 0 fully saturated rings. The summed E-state index contributed by atoms with van der Waals surface area (Å²) in [5.41, 5.74) is 1.66. The Labute approximate surface area is 164 Å². The van der Waals surface area contributed by atoms with Crippen molar-refractivity contribution in [2.45, 2.75) is 13.1 Å². The number of halogens is 3. The number of nitrogens with zero attached hydrogens (tertiary/aromatic N) is 1. The first-order valence-corrected chi connectivity index (χ1v) is 9.32. The highest BCUT2D eigenvalue weighted by atomic mass is 79.9. The van der Waals surface area contributed by atoms with Gasteiger partial charge in [-0.25, -0.2) is 0 Å². The molecule has 25 heavy (non-hydrogen) atoms. The molecule has 7 heteroatoms. The van der Waals surface area contributed by atoms with Gasteiger partial charge in [-0.3, -0.25) is 9.59 Å². The number of hydrogen-bond acceptors (Lipinski definition) is 3. The van der Waals surface area contributed by atoms with Crippen LogP contribution in [0.2, 0.25) is 0 Å². The minimum Gasteiger partial charge on any atom is -0.425 e. The topological polar surface area (TPSA) is 46.6 Å². The summed E-state index contributed by atoms with van der Waals surface area (Å²) in [6, 6.07) is 14.8. The van der Waals surface area contributed by atoms with Crippen molar-refractivity contribution in [2.24, 2.45) is 0 Å². The molecular formula is C18H16BrCl2NO3. The number of carbonyl (C=O) groups is 2. The summed E-state index contributed by atoms with van der Waals surface area (Å²) in [6.45, 7) is 0.659. The highest BCUT2D eigenvalue weighted by Gasteiger charge is 2.17. The molecule has 0 N–H and O–H groups in total. The molecule has 0 aliphatic rings. The van der Waals surface area contributed by atoms with Crippen LogP contribution in [0.4, 0.5) is 0 Å². The van der Waals surface area contributed by atoms with Crippen molar-refractivity contribution in [1.29, 1.82) is 0 Å². The third kappa shape index (κ3) is 6.03. The van der Waals surface area contributed by atoms with Gasteiger partial charge >= 0.3 is 5.97 Å². The smallest absolute Gasteiger partial charge is 0.326 e. The van der Waals surface area contributed by atoms with Gasteiger partial charge in [0.15, 0.2) is 0 Å². The quantitative estimate of drug-likeness (QED) is 0.362. The molecule has 4 nitrogen and oxygen atoms in total. The standard InChI is InChI=1S/C18H16BrCl2NO3/c19-15-6-7-16(25-18(24)10-21)14(8-15)12-22(17(23)9-20)11-13-4-2-1-3-5-13/h1-8H,9-12H2. The van der Waals surface area contributed by atoms with Crippen molar-refractivity contribution >= 4 is 51.0 Å². The van der Waals surface area contributed by atoms with Crippen molar-refractivity contribution in [3.8, 4) is 5.75 Å². The summed E-state index contributed by atoms with van der Waals surface area (Å²) in [5, 5.41) is 0. The van der Waals surface area contributed by atoms with Crippen LogP contribution >= 0.6 is 39.1 Å². The lowest BCUT2D eigenvalue weighted by Gasteiger charge is -2.23. The minimum absolute atomic E-state index is 0.127. The van der Waals surface area contributed by atoms with Crippen LogP contribution in [0.5, 0.6) is 5.75 Å².